The normalized spacial score (nSPS) is 28.8. The largest absolute Gasteiger partial charge is 0.444 e. The first-order valence-corrected chi connectivity index (χ1v) is 9.82. The highest BCUT2D eigenvalue weighted by Gasteiger charge is 2.49. The van der Waals surface area contributed by atoms with Crippen molar-refractivity contribution in [3.8, 4) is 0 Å². The molecule has 0 spiro atoms. The van der Waals surface area contributed by atoms with Crippen LogP contribution in [0.2, 0.25) is 0 Å². The number of hydrogen-bond donors (Lipinski definition) is 1. The number of amides is 1. The summed E-state index contributed by atoms with van der Waals surface area (Å²) >= 11 is 0. The zero-order valence-electron chi connectivity index (χ0n) is 17.1. The van der Waals surface area contributed by atoms with Crippen molar-refractivity contribution in [3.05, 3.63) is 34.4 Å². The van der Waals surface area contributed by atoms with Gasteiger partial charge in [-0.15, -0.1) is 0 Å². The topological polar surface area (TPSA) is 49.8 Å². The fourth-order valence-corrected chi connectivity index (χ4v) is 5.16. The fraction of sp³-hybridized carbons (Fsp3) is 0.682. The number of benzene rings is 1. The van der Waals surface area contributed by atoms with E-state index in [9.17, 15) is 9.90 Å². The first kappa shape index (κ1) is 19.2. The van der Waals surface area contributed by atoms with Crippen LogP contribution in [0.15, 0.2) is 12.1 Å². The molecule has 2 aliphatic rings. The summed E-state index contributed by atoms with van der Waals surface area (Å²) in [6.45, 7) is 12.0. The van der Waals surface area contributed by atoms with Gasteiger partial charge in [-0.2, -0.15) is 0 Å². The monoisotopic (exact) mass is 359 g/mol. The summed E-state index contributed by atoms with van der Waals surface area (Å²) in [7, 11) is 0. The van der Waals surface area contributed by atoms with Crippen LogP contribution in [-0.4, -0.2) is 33.8 Å². The van der Waals surface area contributed by atoms with Gasteiger partial charge in [0, 0.05) is 24.9 Å². The maximum absolute atomic E-state index is 12.8. The van der Waals surface area contributed by atoms with Crippen LogP contribution in [0.25, 0.3) is 0 Å². The van der Waals surface area contributed by atoms with Crippen molar-refractivity contribution in [2.24, 2.45) is 0 Å². The third kappa shape index (κ3) is 3.62. The average Bonchev–Trinajstić information content (AvgIpc) is 2.42. The standard InChI is InChI=1S/C22H33NO3/c1-14-10-15(2)19(16(3)11-14)22(25)12-17-8-7-9-18(13-22)23(17)20(24)26-21(4,5)6/h10-11,17-18,25H,7-9,12-13H2,1-6H3. The van der Waals surface area contributed by atoms with E-state index in [-0.39, 0.29) is 18.2 Å². The Balaban J connectivity index is 1.91. The molecular weight excluding hydrogens is 326 g/mol. The number of ether oxygens (including phenoxy) is 1. The highest BCUT2D eigenvalue weighted by atomic mass is 16.6. The van der Waals surface area contributed by atoms with E-state index in [1.54, 1.807) is 0 Å². The average molecular weight is 360 g/mol. The molecule has 4 heteroatoms. The van der Waals surface area contributed by atoms with Crippen LogP contribution in [-0.2, 0) is 10.3 Å². The number of carbonyl (C=O) groups excluding carboxylic acids is 1. The van der Waals surface area contributed by atoms with E-state index < -0.39 is 11.2 Å². The molecule has 3 rings (SSSR count). The quantitative estimate of drug-likeness (QED) is 0.787. The number of piperidine rings is 2. The lowest BCUT2D eigenvalue weighted by Crippen LogP contribution is -2.59. The van der Waals surface area contributed by atoms with Crippen molar-refractivity contribution in [1.29, 1.82) is 0 Å². The summed E-state index contributed by atoms with van der Waals surface area (Å²) in [4.78, 5) is 14.7. The van der Waals surface area contributed by atoms with E-state index in [1.165, 1.54) is 5.56 Å². The number of carbonyl (C=O) groups is 1. The summed E-state index contributed by atoms with van der Waals surface area (Å²) in [5.41, 5.74) is 3.21. The van der Waals surface area contributed by atoms with Gasteiger partial charge in [0.15, 0.2) is 0 Å². The lowest BCUT2D eigenvalue weighted by Gasteiger charge is -2.52. The lowest BCUT2D eigenvalue weighted by atomic mass is 9.70. The predicted octanol–water partition coefficient (Wildman–Crippen LogP) is 4.75. The Bertz CT molecular complexity index is 667. The second-order valence-corrected chi connectivity index (χ2v) is 9.34. The lowest BCUT2D eigenvalue weighted by molar-refractivity contribution is -0.0970. The Labute approximate surface area is 157 Å². The molecule has 2 atom stereocenters. The van der Waals surface area contributed by atoms with E-state index in [2.05, 4.69) is 32.9 Å². The molecule has 2 aliphatic heterocycles. The van der Waals surface area contributed by atoms with Gasteiger partial charge in [-0.3, -0.25) is 0 Å². The Morgan fingerprint density at radius 2 is 1.62 bits per heavy atom. The second kappa shape index (κ2) is 6.56. The van der Waals surface area contributed by atoms with Crippen LogP contribution in [0.4, 0.5) is 4.79 Å². The van der Waals surface area contributed by atoms with Crippen LogP contribution < -0.4 is 0 Å². The van der Waals surface area contributed by atoms with Crippen molar-refractivity contribution >= 4 is 6.09 Å². The van der Waals surface area contributed by atoms with Crippen molar-refractivity contribution < 1.29 is 14.6 Å². The van der Waals surface area contributed by atoms with Crippen molar-refractivity contribution in [1.82, 2.24) is 4.90 Å². The van der Waals surface area contributed by atoms with Crippen molar-refractivity contribution in [2.45, 2.75) is 96.9 Å². The maximum Gasteiger partial charge on any atom is 0.410 e. The second-order valence-electron chi connectivity index (χ2n) is 9.34. The molecule has 0 aromatic heterocycles. The third-order valence-corrected chi connectivity index (χ3v) is 5.75. The van der Waals surface area contributed by atoms with Crippen molar-refractivity contribution in [3.63, 3.8) is 0 Å². The summed E-state index contributed by atoms with van der Waals surface area (Å²) in [6.07, 6.45) is 3.92. The van der Waals surface area contributed by atoms with E-state index in [0.29, 0.717) is 12.8 Å². The molecule has 2 bridgehead atoms. The number of fused-ring (bicyclic) bond motifs is 2. The minimum absolute atomic E-state index is 0.0439. The molecule has 0 aliphatic carbocycles. The Morgan fingerprint density at radius 3 is 2.08 bits per heavy atom. The minimum atomic E-state index is -0.865. The molecule has 0 saturated carbocycles. The van der Waals surface area contributed by atoms with Gasteiger partial charge in [0.1, 0.15) is 5.60 Å². The van der Waals surface area contributed by atoms with E-state index in [0.717, 1.165) is 36.0 Å². The van der Waals surface area contributed by atoms with E-state index >= 15 is 0 Å². The highest BCUT2D eigenvalue weighted by molar-refractivity contribution is 5.69. The number of aryl methyl sites for hydroxylation is 3. The number of rotatable bonds is 1. The molecule has 144 valence electrons. The van der Waals surface area contributed by atoms with Gasteiger partial charge in [0.25, 0.3) is 0 Å². The molecule has 1 N–H and O–H groups in total. The number of aliphatic hydroxyl groups is 1. The number of hydrogen-bond acceptors (Lipinski definition) is 3. The molecular formula is C22H33NO3. The van der Waals surface area contributed by atoms with Crippen LogP contribution in [0, 0.1) is 20.8 Å². The van der Waals surface area contributed by atoms with Gasteiger partial charge in [-0.05, 0) is 77.5 Å². The number of nitrogens with zero attached hydrogens (tertiary/aromatic N) is 1. The molecule has 1 amide bonds. The van der Waals surface area contributed by atoms with Gasteiger partial charge in [-0.1, -0.05) is 17.7 Å². The molecule has 26 heavy (non-hydrogen) atoms. The first-order valence-electron chi connectivity index (χ1n) is 9.82. The molecule has 2 heterocycles. The van der Waals surface area contributed by atoms with Gasteiger partial charge < -0.3 is 14.7 Å². The summed E-state index contributed by atoms with van der Waals surface area (Å²) in [5, 5.41) is 11.7. The fourth-order valence-electron chi connectivity index (χ4n) is 5.16. The summed E-state index contributed by atoms with van der Waals surface area (Å²) < 4.78 is 5.66. The molecule has 2 fully saturated rings. The van der Waals surface area contributed by atoms with E-state index in [1.807, 2.05) is 25.7 Å². The first-order chi connectivity index (χ1) is 12.0. The van der Waals surface area contributed by atoms with Gasteiger partial charge >= 0.3 is 6.09 Å². The van der Waals surface area contributed by atoms with Gasteiger partial charge in [0.2, 0.25) is 0 Å². The molecule has 1 aromatic carbocycles. The van der Waals surface area contributed by atoms with Crippen LogP contribution in [0.1, 0.15) is 75.1 Å². The highest BCUT2D eigenvalue weighted by Crippen LogP contribution is 2.46. The summed E-state index contributed by atoms with van der Waals surface area (Å²) in [6, 6.07) is 4.39. The molecule has 4 nitrogen and oxygen atoms in total. The Kier molecular flexibility index (Phi) is 4.85. The zero-order valence-corrected chi connectivity index (χ0v) is 17.1. The SMILES string of the molecule is Cc1cc(C)c(C2(O)CC3CCCC(C2)N3C(=O)OC(C)(C)C)c(C)c1. The molecule has 1 aromatic rings. The van der Waals surface area contributed by atoms with Crippen LogP contribution >= 0.6 is 0 Å². The summed E-state index contributed by atoms with van der Waals surface area (Å²) in [5.74, 6) is 0. The van der Waals surface area contributed by atoms with Crippen LogP contribution in [0.3, 0.4) is 0 Å². The molecule has 2 saturated heterocycles. The molecule has 2 unspecified atom stereocenters. The minimum Gasteiger partial charge on any atom is -0.444 e. The predicted molar refractivity (Wildman–Crippen MR) is 103 cm³/mol. The van der Waals surface area contributed by atoms with Gasteiger partial charge in [0.05, 0.1) is 5.60 Å². The Morgan fingerprint density at radius 1 is 1.12 bits per heavy atom. The van der Waals surface area contributed by atoms with Crippen molar-refractivity contribution in [2.75, 3.05) is 0 Å². The molecule has 0 radical (unpaired) electrons. The van der Waals surface area contributed by atoms with Crippen LogP contribution in [0.5, 0.6) is 0 Å². The Hall–Kier alpha value is -1.55. The van der Waals surface area contributed by atoms with E-state index in [4.69, 9.17) is 4.74 Å². The smallest absolute Gasteiger partial charge is 0.410 e. The zero-order chi connectivity index (χ0) is 19.3. The third-order valence-electron chi connectivity index (χ3n) is 5.75. The maximum atomic E-state index is 12.8. The van der Waals surface area contributed by atoms with Gasteiger partial charge in [-0.25, -0.2) is 4.79 Å².